The molecule has 78 valence electrons. The second-order valence-electron chi connectivity index (χ2n) is 1.73. The Kier molecular flexibility index (Phi) is 6.82. The summed E-state index contributed by atoms with van der Waals surface area (Å²) in [5, 5.41) is 17.4. The molecule has 13 heavy (non-hydrogen) atoms. The number of aliphatic carboxylic acids is 2. The van der Waals surface area contributed by atoms with Crippen LogP contribution in [0.5, 0.6) is 0 Å². The maximum atomic E-state index is 10.6. The molecule has 0 aromatic rings. The molecule has 0 bridgehead atoms. The monoisotopic (exact) mass is 203 g/mol. The van der Waals surface area contributed by atoms with Crippen LogP contribution in [0.4, 0.5) is 13.2 Å². The zero-order valence-corrected chi connectivity index (χ0v) is 6.55. The van der Waals surface area contributed by atoms with E-state index in [0.29, 0.717) is 0 Å². The summed E-state index contributed by atoms with van der Waals surface area (Å²) >= 11 is 0. The number of alkyl halides is 3. The van der Waals surface area contributed by atoms with Gasteiger partial charge in [-0.05, 0) is 7.05 Å². The van der Waals surface area contributed by atoms with Crippen molar-refractivity contribution in [2.45, 2.75) is 6.18 Å². The van der Waals surface area contributed by atoms with Gasteiger partial charge >= 0.3 is 18.1 Å². The molecule has 0 aliphatic heterocycles. The highest BCUT2D eigenvalue weighted by Gasteiger charge is 2.38. The second kappa shape index (κ2) is 6.23. The Morgan fingerprint density at radius 1 is 1.31 bits per heavy atom. The first kappa shape index (κ1) is 14.2. The van der Waals surface area contributed by atoms with Gasteiger partial charge in [-0.2, -0.15) is 13.2 Å². The van der Waals surface area contributed by atoms with Gasteiger partial charge in [0.1, 0.15) is 0 Å². The molecule has 0 saturated heterocycles. The summed E-state index contributed by atoms with van der Waals surface area (Å²) in [6, 6.07) is 0. The summed E-state index contributed by atoms with van der Waals surface area (Å²) in [4.78, 5) is 18.4. The zero-order valence-electron chi connectivity index (χ0n) is 6.55. The van der Waals surface area contributed by atoms with Crippen molar-refractivity contribution < 1.29 is 33.0 Å². The van der Waals surface area contributed by atoms with Crippen molar-refractivity contribution in [3.8, 4) is 0 Å². The van der Waals surface area contributed by atoms with E-state index < -0.39 is 18.1 Å². The van der Waals surface area contributed by atoms with Crippen LogP contribution in [0, 0.1) is 0 Å². The average molecular weight is 203 g/mol. The topological polar surface area (TPSA) is 86.6 Å². The van der Waals surface area contributed by atoms with Gasteiger partial charge in [0, 0.05) is 0 Å². The molecular weight excluding hydrogens is 195 g/mol. The molecule has 0 aromatic carbocycles. The molecule has 0 spiro atoms. The Balaban J connectivity index is 0. The van der Waals surface area contributed by atoms with E-state index in [4.69, 9.17) is 15.0 Å². The largest absolute Gasteiger partial charge is 0.490 e. The predicted molar refractivity (Wildman–Crippen MR) is 35.3 cm³/mol. The second-order valence-corrected chi connectivity index (χ2v) is 1.73. The predicted octanol–water partition coefficient (Wildman–Crippen LogP) is -0.0763. The molecule has 0 amide bonds. The van der Waals surface area contributed by atoms with E-state index in [1.165, 1.54) is 0 Å². The number of halogens is 3. The summed E-state index contributed by atoms with van der Waals surface area (Å²) in [5.74, 6) is -3.58. The molecule has 0 saturated carbocycles. The molecule has 3 N–H and O–H groups in total. The highest BCUT2D eigenvalue weighted by molar-refractivity contribution is 5.73. The van der Waals surface area contributed by atoms with Crippen LogP contribution in [0.1, 0.15) is 0 Å². The molecular formula is C5H8F3NO4. The number of nitrogens with one attached hydrogen (secondary N) is 1. The van der Waals surface area contributed by atoms with Crippen LogP contribution in [-0.4, -0.2) is 41.9 Å². The molecule has 0 aliphatic carbocycles. The third-order valence-corrected chi connectivity index (χ3v) is 0.571. The van der Waals surface area contributed by atoms with Gasteiger partial charge in [0.15, 0.2) is 0 Å². The number of likely N-dealkylation sites (N-methyl/N-ethyl adjacent to an activating group) is 1. The summed E-state index contributed by atoms with van der Waals surface area (Å²) in [5.41, 5.74) is 0. The summed E-state index contributed by atoms with van der Waals surface area (Å²) in [6.45, 7) is 0.0417. The Morgan fingerprint density at radius 3 is 1.62 bits per heavy atom. The summed E-state index contributed by atoms with van der Waals surface area (Å²) < 4.78 is 31.7. The first-order chi connectivity index (χ1) is 5.71. The third kappa shape index (κ3) is 13.7. The van der Waals surface area contributed by atoms with E-state index in [2.05, 4.69) is 5.32 Å². The number of carbonyl (C=O) groups is 2. The Bertz CT molecular complexity index is 179. The third-order valence-electron chi connectivity index (χ3n) is 0.571. The fourth-order valence-electron chi connectivity index (χ4n) is 0.151. The Morgan fingerprint density at radius 2 is 1.62 bits per heavy atom. The van der Waals surface area contributed by atoms with Gasteiger partial charge in [-0.15, -0.1) is 0 Å². The zero-order chi connectivity index (χ0) is 11.1. The minimum Gasteiger partial charge on any atom is -0.480 e. The maximum Gasteiger partial charge on any atom is 0.490 e. The van der Waals surface area contributed by atoms with Gasteiger partial charge in [0.05, 0.1) is 6.54 Å². The molecule has 0 fully saturated rings. The van der Waals surface area contributed by atoms with E-state index in [1.54, 1.807) is 7.05 Å². The average Bonchev–Trinajstić information content (AvgIpc) is 1.85. The molecule has 5 nitrogen and oxygen atoms in total. The first-order valence-corrected chi connectivity index (χ1v) is 2.88. The van der Waals surface area contributed by atoms with Gasteiger partial charge in [-0.3, -0.25) is 4.79 Å². The fraction of sp³-hybridized carbons (Fsp3) is 0.600. The minimum absolute atomic E-state index is 0.0417. The van der Waals surface area contributed by atoms with Crippen molar-refractivity contribution in [1.29, 1.82) is 0 Å². The molecule has 0 unspecified atom stereocenters. The molecule has 0 radical (unpaired) electrons. The standard InChI is InChI=1S/C3H7NO2.C2HF3O2/c1-4-2-3(5)6;3-2(4,5)1(6)7/h4H,2H2,1H3,(H,5,6);(H,6,7). The Hall–Kier alpha value is -1.31. The van der Waals surface area contributed by atoms with Crippen molar-refractivity contribution in [3.05, 3.63) is 0 Å². The van der Waals surface area contributed by atoms with Gasteiger partial charge in [0.25, 0.3) is 0 Å². The molecule has 0 heterocycles. The van der Waals surface area contributed by atoms with Crippen LogP contribution in [0.3, 0.4) is 0 Å². The molecule has 0 rings (SSSR count). The normalized spacial score (nSPS) is 9.85. The molecule has 0 aliphatic rings. The summed E-state index contributed by atoms with van der Waals surface area (Å²) in [6.07, 6.45) is -5.08. The highest BCUT2D eigenvalue weighted by Crippen LogP contribution is 2.13. The van der Waals surface area contributed by atoms with Gasteiger partial charge in [-0.1, -0.05) is 0 Å². The van der Waals surface area contributed by atoms with Gasteiger partial charge < -0.3 is 15.5 Å². The quantitative estimate of drug-likeness (QED) is 0.584. The van der Waals surface area contributed by atoms with Crippen molar-refractivity contribution in [2.24, 2.45) is 0 Å². The van der Waals surface area contributed by atoms with E-state index in [0.717, 1.165) is 0 Å². The molecule has 0 atom stereocenters. The van der Waals surface area contributed by atoms with Gasteiger partial charge in [0.2, 0.25) is 0 Å². The van der Waals surface area contributed by atoms with E-state index in [-0.39, 0.29) is 6.54 Å². The smallest absolute Gasteiger partial charge is 0.480 e. The van der Waals surface area contributed by atoms with Crippen molar-refractivity contribution in [1.82, 2.24) is 5.32 Å². The minimum atomic E-state index is -5.08. The van der Waals surface area contributed by atoms with E-state index >= 15 is 0 Å². The number of hydrogen-bond acceptors (Lipinski definition) is 3. The van der Waals surface area contributed by atoms with Crippen LogP contribution in [0.15, 0.2) is 0 Å². The lowest BCUT2D eigenvalue weighted by Gasteiger charge is -1.93. The highest BCUT2D eigenvalue weighted by atomic mass is 19.4. The number of rotatable bonds is 2. The SMILES string of the molecule is CNCC(=O)O.O=C(O)C(F)(F)F. The van der Waals surface area contributed by atoms with Crippen LogP contribution >= 0.6 is 0 Å². The molecule has 0 aromatic heterocycles. The maximum absolute atomic E-state index is 10.6. The first-order valence-electron chi connectivity index (χ1n) is 2.88. The Labute approximate surface area is 71.2 Å². The lowest BCUT2D eigenvalue weighted by atomic mass is 10.7. The lowest BCUT2D eigenvalue weighted by molar-refractivity contribution is -0.192. The van der Waals surface area contributed by atoms with Gasteiger partial charge in [-0.25, -0.2) is 4.79 Å². The number of carboxylic acids is 2. The number of hydrogen-bond donors (Lipinski definition) is 3. The number of carboxylic acid groups (broad SMARTS) is 2. The van der Waals surface area contributed by atoms with Crippen molar-refractivity contribution in [3.63, 3.8) is 0 Å². The van der Waals surface area contributed by atoms with Crippen LogP contribution in [0.25, 0.3) is 0 Å². The van der Waals surface area contributed by atoms with Crippen molar-refractivity contribution in [2.75, 3.05) is 13.6 Å². The van der Waals surface area contributed by atoms with E-state index in [9.17, 15) is 18.0 Å². The van der Waals surface area contributed by atoms with Crippen LogP contribution in [0.2, 0.25) is 0 Å². The fourth-order valence-corrected chi connectivity index (χ4v) is 0.151. The lowest BCUT2D eigenvalue weighted by Crippen LogP contribution is -2.21. The molecule has 8 heteroatoms. The van der Waals surface area contributed by atoms with E-state index in [1.807, 2.05) is 0 Å². The van der Waals surface area contributed by atoms with Crippen LogP contribution < -0.4 is 5.32 Å². The van der Waals surface area contributed by atoms with Crippen molar-refractivity contribution >= 4 is 11.9 Å². The van der Waals surface area contributed by atoms with Crippen LogP contribution in [-0.2, 0) is 9.59 Å². The summed E-state index contributed by atoms with van der Waals surface area (Å²) in [7, 11) is 1.59.